The van der Waals surface area contributed by atoms with Gasteiger partial charge in [0.1, 0.15) is 5.75 Å². The second kappa shape index (κ2) is 6.15. The van der Waals surface area contributed by atoms with Crippen molar-refractivity contribution in [1.82, 2.24) is 4.98 Å². The molecule has 1 aliphatic carbocycles. The van der Waals surface area contributed by atoms with Gasteiger partial charge in [0.05, 0.1) is 25.6 Å². The number of nitrogens with one attached hydrogen (secondary N) is 1. The van der Waals surface area contributed by atoms with E-state index in [9.17, 15) is 9.90 Å². The number of benzene rings is 1. The third kappa shape index (κ3) is 2.94. The summed E-state index contributed by atoms with van der Waals surface area (Å²) >= 11 is 0. The zero-order valence-electron chi connectivity index (χ0n) is 12.3. The van der Waals surface area contributed by atoms with Crippen molar-refractivity contribution in [3.8, 4) is 5.75 Å². The van der Waals surface area contributed by atoms with Crippen molar-refractivity contribution in [1.29, 1.82) is 0 Å². The smallest absolute Gasteiger partial charge is 0.228 e. The molecule has 0 aliphatic heterocycles. The lowest BCUT2D eigenvalue weighted by Gasteiger charge is -2.09. The summed E-state index contributed by atoms with van der Waals surface area (Å²) in [6, 6.07) is 9.52. The molecule has 2 aromatic rings. The highest BCUT2D eigenvalue weighted by Gasteiger charge is 2.44. The first kappa shape index (κ1) is 14.5. The Kier molecular flexibility index (Phi) is 4.06. The monoisotopic (exact) mass is 298 g/mol. The molecule has 1 heterocycles. The fourth-order valence-electron chi connectivity index (χ4n) is 2.62. The molecule has 0 saturated heterocycles. The predicted octanol–water partition coefficient (Wildman–Crippen LogP) is 2.32. The number of hydrogen-bond acceptors (Lipinski definition) is 4. The van der Waals surface area contributed by atoms with E-state index in [1.54, 1.807) is 25.6 Å². The molecule has 1 aliphatic rings. The fourth-order valence-corrected chi connectivity index (χ4v) is 2.62. The third-order valence-corrected chi connectivity index (χ3v) is 3.99. The molecule has 0 radical (unpaired) electrons. The number of anilines is 1. The summed E-state index contributed by atoms with van der Waals surface area (Å²) in [5, 5.41) is 12.1. The van der Waals surface area contributed by atoms with Crippen LogP contribution in [0.2, 0.25) is 0 Å². The second-order valence-electron chi connectivity index (χ2n) is 5.41. The number of rotatable bonds is 5. The van der Waals surface area contributed by atoms with Crippen LogP contribution in [0.3, 0.4) is 0 Å². The number of pyridine rings is 1. The van der Waals surface area contributed by atoms with E-state index in [4.69, 9.17) is 4.74 Å². The molecule has 0 bridgehead atoms. The Morgan fingerprint density at radius 2 is 2.32 bits per heavy atom. The van der Waals surface area contributed by atoms with Crippen LogP contribution in [0.1, 0.15) is 23.5 Å². The number of amides is 1. The molecule has 2 atom stereocenters. The molecule has 22 heavy (non-hydrogen) atoms. The molecule has 1 fully saturated rings. The zero-order chi connectivity index (χ0) is 15.5. The Labute approximate surface area is 129 Å². The highest BCUT2D eigenvalue weighted by molar-refractivity contribution is 5.95. The van der Waals surface area contributed by atoms with Gasteiger partial charge in [0.2, 0.25) is 5.91 Å². The van der Waals surface area contributed by atoms with Crippen LogP contribution in [0.5, 0.6) is 5.75 Å². The molecule has 1 amide bonds. The number of carbonyl (C=O) groups excluding carboxylic acids is 1. The van der Waals surface area contributed by atoms with Crippen molar-refractivity contribution >= 4 is 11.6 Å². The largest absolute Gasteiger partial charge is 0.497 e. The van der Waals surface area contributed by atoms with Crippen LogP contribution in [0.4, 0.5) is 5.69 Å². The van der Waals surface area contributed by atoms with Gasteiger partial charge < -0.3 is 15.2 Å². The van der Waals surface area contributed by atoms with E-state index >= 15 is 0 Å². The van der Waals surface area contributed by atoms with Crippen LogP contribution >= 0.6 is 0 Å². The second-order valence-corrected chi connectivity index (χ2v) is 5.41. The van der Waals surface area contributed by atoms with Crippen molar-refractivity contribution in [3.05, 3.63) is 53.9 Å². The molecule has 1 saturated carbocycles. The molecule has 0 spiro atoms. The van der Waals surface area contributed by atoms with Crippen LogP contribution in [0.15, 0.2) is 42.7 Å². The molecule has 5 heteroatoms. The molecule has 2 N–H and O–H groups in total. The maximum Gasteiger partial charge on any atom is 0.228 e. The van der Waals surface area contributed by atoms with Crippen molar-refractivity contribution in [2.24, 2.45) is 5.92 Å². The molecule has 1 aromatic heterocycles. The van der Waals surface area contributed by atoms with Gasteiger partial charge in [0.15, 0.2) is 0 Å². The van der Waals surface area contributed by atoms with Crippen molar-refractivity contribution in [2.75, 3.05) is 12.4 Å². The number of methoxy groups -OCH3 is 1. The zero-order valence-corrected chi connectivity index (χ0v) is 12.3. The lowest BCUT2D eigenvalue weighted by Crippen LogP contribution is -2.16. The van der Waals surface area contributed by atoms with Crippen LogP contribution in [0, 0.1) is 5.92 Å². The maximum atomic E-state index is 12.3. The minimum absolute atomic E-state index is 0.0319. The topological polar surface area (TPSA) is 71.5 Å². The average molecular weight is 298 g/mol. The molecule has 5 nitrogen and oxygen atoms in total. The van der Waals surface area contributed by atoms with Crippen molar-refractivity contribution < 1.29 is 14.6 Å². The predicted molar refractivity (Wildman–Crippen MR) is 82.6 cm³/mol. The van der Waals surface area contributed by atoms with Gasteiger partial charge >= 0.3 is 0 Å². The van der Waals surface area contributed by atoms with Gasteiger partial charge in [0, 0.05) is 17.7 Å². The number of nitrogens with zero attached hydrogens (tertiary/aromatic N) is 1. The first-order valence-corrected chi connectivity index (χ1v) is 7.21. The molecule has 3 rings (SSSR count). The van der Waals surface area contributed by atoms with Crippen LogP contribution in [-0.2, 0) is 11.4 Å². The first-order valence-electron chi connectivity index (χ1n) is 7.21. The third-order valence-electron chi connectivity index (χ3n) is 3.99. The number of aliphatic hydroxyl groups excluding tert-OH is 1. The number of aromatic nitrogens is 1. The Morgan fingerprint density at radius 3 is 3.09 bits per heavy atom. The highest BCUT2D eigenvalue weighted by atomic mass is 16.5. The number of carbonyl (C=O) groups is 1. The van der Waals surface area contributed by atoms with Gasteiger partial charge in [-0.05, 0) is 36.1 Å². The minimum Gasteiger partial charge on any atom is -0.497 e. The minimum atomic E-state index is -0.123. The molecule has 1 aromatic carbocycles. The van der Waals surface area contributed by atoms with E-state index in [0.29, 0.717) is 11.3 Å². The maximum absolute atomic E-state index is 12.3. The van der Waals surface area contributed by atoms with Gasteiger partial charge in [-0.25, -0.2) is 0 Å². The lowest BCUT2D eigenvalue weighted by atomic mass is 10.1. The van der Waals surface area contributed by atoms with Gasteiger partial charge in [-0.2, -0.15) is 0 Å². The summed E-state index contributed by atoms with van der Waals surface area (Å²) in [4.78, 5) is 16.3. The molecule has 114 valence electrons. The van der Waals surface area contributed by atoms with Gasteiger partial charge in [-0.15, -0.1) is 0 Å². The SMILES string of the molecule is COc1cccc(C2CC2C(=O)Nc2cnccc2CO)c1. The number of hydrogen-bond donors (Lipinski definition) is 2. The molecular weight excluding hydrogens is 280 g/mol. The average Bonchev–Trinajstić information content (AvgIpc) is 3.36. The van der Waals surface area contributed by atoms with E-state index in [1.165, 1.54) is 0 Å². The Hall–Kier alpha value is -2.40. The van der Waals surface area contributed by atoms with Crippen LogP contribution < -0.4 is 10.1 Å². The van der Waals surface area contributed by atoms with Gasteiger partial charge in [-0.1, -0.05) is 12.1 Å². The van der Waals surface area contributed by atoms with E-state index in [-0.39, 0.29) is 24.3 Å². The van der Waals surface area contributed by atoms with Crippen molar-refractivity contribution in [3.63, 3.8) is 0 Å². The van der Waals surface area contributed by atoms with E-state index in [2.05, 4.69) is 10.3 Å². The van der Waals surface area contributed by atoms with E-state index in [1.807, 2.05) is 24.3 Å². The summed E-state index contributed by atoms with van der Waals surface area (Å²) in [7, 11) is 1.63. The first-order chi connectivity index (χ1) is 10.7. The van der Waals surface area contributed by atoms with Gasteiger partial charge in [-0.3, -0.25) is 9.78 Å². The number of ether oxygens (including phenoxy) is 1. The Balaban J connectivity index is 1.67. The molecular formula is C17H18N2O3. The highest BCUT2D eigenvalue weighted by Crippen LogP contribution is 2.48. The summed E-state index contributed by atoms with van der Waals surface area (Å²) < 4.78 is 5.22. The van der Waals surface area contributed by atoms with Crippen LogP contribution in [-0.4, -0.2) is 23.1 Å². The fraction of sp³-hybridized carbons (Fsp3) is 0.294. The van der Waals surface area contributed by atoms with Crippen LogP contribution in [0.25, 0.3) is 0 Å². The lowest BCUT2D eigenvalue weighted by molar-refractivity contribution is -0.117. The quantitative estimate of drug-likeness (QED) is 0.888. The summed E-state index contributed by atoms with van der Waals surface area (Å²) in [5.74, 6) is 0.956. The van der Waals surface area contributed by atoms with E-state index in [0.717, 1.165) is 17.7 Å². The normalized spacial score (nSPS) is 19.5. The molecule has 2 unspecified atom stereocenters. The Bertz CT molecular complexity index is 687. The Morgan fingerprint density at radius 1 is 1.45 bits per heavy atom. The summed E-state index contributed by atoms with van der Waals surface area (Å²) in [5.41, 5.74) is 2.36. The summed E-state index contributed by atoms with van der Waals surface area (Å²) in [6.07, 6.45) is 3.98. The van der Waals surface area contributed by atoms with E-state index < -0.39 is 0 Å². The van der Waals surface area contributed by atoms with Gasteiger partial charge in [0.25, 0.3) is 0 Å². The standard InChI is InChI=1S/C17H18N2O3/c1-22-13-4-2-3-11(7-13)14-8-15(14)17(21)19-16-9-18-6-5-12(16)10-20/h2-7,9,14-15,20H,8,10H2,1H3,(H,19,21). The summed E-state index contributed by atoms with van der Waals surface area (Å²) in [6.45, 7) is -0.123. The van der Waals surface area contributed by atoms with Crippen molar-refractivity contribution in [2.45, 2.75) is 18.9 Å². The number of aliphatic hydroxyl groups is 1.